The molecule has 3 aromatic rings. The first-order valence-corrected chi connectivity index (χ1v) is 11.3. The van der Waals surface area contributed by atoms with E-state index in [1.165, 1.54) is 24.3 Å². The van der Waals surface area contributed by atoms with Crippen LogP contribution in [0, 0.1) is 6.92 Å². The molecule has 0 heterocycles. The Bertz CT molecular complexity index is 1140. The highest BCUT2D eigenvalue weighted by Gasteiger charge is 2.27. The molecule has 0 aliphatic carbocycles. The molecule has 3 rings (SSSR count). The predicted molar refractivity (Wildman–Crippen MR) is 122 cm³/mol. The fourth-order valence-corrected chi connectivity index (χ4v) is 4.73. The molecule has 1 N–H and O–H groups in total. The fraction of sp³-hybridized carbons (Fsp3) is 0.0952. The van der Waals surface area contributed by atoms with Gasteiger partial charge in [0.1, 0.15) is 6.54 Å². The Balaban J connectivity index is 1.96. The molecule has 3 aromatic carbocycles. The second-order valence-electron chi connectivity index (χ2n) is 6.45. The number of nitrogens with one attached hydrogen (secondary N) is 1. The third-order valence-corrected chi connectivity index (χ3v) is 6.91. The summed E-state index contributed by atoms with van der Waals surface area (Å²) in [5.41, 5.74) is 1.52. The van der Waals surface area contributed by atoms with Crippen LogP contribution in [0.25, 0.3) is 0 Å². The van der Waals surface area contributed by atoms with E-state index in [9.17, 15) is 13.2 Å². The van der Waals surface area contributed by atoms with Crippen molar-refractivity contribution in [3.05, 3.63) is 87.4 Å². The van der Waals surface area contributed by atoms with E-state index in [1.54, 1.807) is 42.5 Å². The number of sulfonamides is 1. The third-order valence-electron chi connectivity index (χ3n) is 4.24. The largest absolute Gasteiger partial charge is 0.322 e. The van der Waals surface area contributed by atoms with Crippen LogP contribution in [-0.2, 0) is 14.8 Å². The number of carbonyl (C=O) groups is 1. The predicted octanol–water partition coefficient (Wildman–Crippen LogP) is 5.79. The molecule has 0 aliphatic heterocycles. The first-order valence-electron chi connectivity index (χ1n) is 8.77. The monoisotopic (exact) mass is 482 g/mol. The number of hydrogen-bond acceptors (Lipinski definition) is 3. The van der Waals surface area contributed by atoms with Gasteiger partial charge in [0.25, 0.3) is 10.0 Å². The van der Waals surface area contributed by atoms with Gasteiger partial charge in [0.15, 0.2) is 0 Å². The summed E-state index contributed by atoms with van der Waals surface area (Å²) in [6.07, 6.45) is 0. The lowest BCUT2D eigenvalue weighted by Gasteiger charge is -2.24. The van der Waals surface area contributed by atoms with Gasteiger partial charge in [0.05, 0.1) is 26.3 Å². The molecular weight excluding hydrogens is 467 g/mol. The number of rotatable bonds is 6. The number of nitrogens with zero attached hydrogens (tertiary/aromatic N) is 1. The van der Waals surface area contributed by atoms with Crippen molar-refractivity contribution >= 4 is 62.1 Å². The Morgan fingerprint density at radius 1 is 0.900 bits per heavy atom. The zero-order valence-electron chi connectivity index (χ0n) is 15.8. The Labute approximate surface area is 190 Å². The molecule has 0 aliphatic rings. The minimum Gasteiger partial charge on any atom is -0.322 e. The van der Waals surface area contributed by atoms with Gasteiger partial charge in [-0.15, -0.1) is 0 Å². The third kappa shape index (κ3) is 5.08. The number of aryl methyl sites for hydroxylation is 1. The number of anilines is 2. The summed E-state index contributed by atoms with van der Waals surface area (Å²) < 4.78 is 27.6. The second kappa shape index (κ2) is 9.27. The number of benzene rings is 3. The Morgan fingerprint density at radius 2 is 1.47 bits per heavy atom. The molecule has 0 saturated carbocycles. The first-order chi connectivity index (χ1) is 14.2. The number of halogens is 3. The summed E-state index contributed by atoms with van der Waals surface area (Å²) >= 11 is 18.1. The molecule has 1 amide bonds. The SMILES string of the molecule is Cc1ccc(N(CC(=O)Nc2c(Cl)cccc2Cl)S(=O)(=O)c2ccc(Cl)cc2)cc1. The van der Waals surface area contributed by atoms with Gasteiger partial charge in [0, 0.05) is 5.02 Å². The molecule has 5 nitrogen and oxygen atoms in total. The van der Waals surface area contributed by atoms with Crippen LogP contribution >= 0.6 is 34.8 Å². The van der Waals surface area contributed by atoms with Crippen molar-refractivity contribution in [3.63, 3.8) is 0 Å². The van der Waals surface area contributed by atoms with E-state index in [2.05, 4.69) is 5.32 Å². The van der Waals surface area contributed by atoms with Gasteiger partial charge in [-0.3, -0.25) is 9.10 Å². The Morgan fingerprint density at radius 3 is 2.03 bits per heavy atom. The minimum atomic E-state index is -4.04. The molecule has 30 heavy (non-hydrogen) atoms. The van der Waals surface area contributed by atoms with Crippen LogP contribution in [0.4, 0.5) is 11.4 Å². The molecular formula is C21H17Cl3N2O3S. The van der Waals surface area contributed by atoms with Crippen LogP contribution in [0.15, 0.2) is 71.6 Å². The van der Waals surface area contributed by atoms with Gasteiger partial charge in [0.2, 0.25) is 5.91 Å². The van der Waals surface area contributed by atoms with Crippen molar-refractivity contribution in [2.75, 3.05) is 16.2 Å². The number of para-hydroxylation sites is 1. The molecule has 0 aromatic heterocycles. The molecule has 0 atom stereocenters. The standard InChI is InChI=1S/C21H17Cl3N2O3S/c1-14-5-9-16(10-6-14)26(30(28,29)17-11-7-15(22)8-12-17)13-20(27)25-21-18(23)3-2-4-19(21)24/h2-12H,13H2,1H3,(H,25,27). The van der Waals surface area contributed by atoms with E-state index < -0.39 is 22.5 Å². The van der Waals surface area contributed by atoms with E-state index in [-0.39, 0.29) is 20.6 Å². The van der Waals surface area contributed by atoms with Crippen molar-refractivity contribution in [2.24, 2.45) is 0 Å². The van der Waals surface area contributed by atoms with Crippen LogP contribution in [0.5, 0.6) is 0 Å². The van der Waals surface area contributed by atoms with Crippen LogP contribution in [0.3, 0.4) is 0 Å². The maximum atomic E-state index is 13.3. The topological polar surface area (TPSA) is 66.5 Å². The van der Waals surface area contributed by atoms with E-state index in [1.807, 2.05) is 6.92 Å². The van der Waals surface area contributed by atoms with Crippen molar-refractivity contribution in [2.45, 2.75) is 11.8 Å². The van der Waals surface area contributed by atoms with Crippen LogP contribution in [0.2, 0.25) is 15.1 Å². The summed E-state index contributed by atoms with van der Waals surface area (Å²) in [7, 11) is -4.04. The van der Waals surface area contributed by atoms with Gasteiger partial charge in [-0.2, -0.15) is 0 Å². The molecule has 9 heteroatoms. The van der Waals surface area contributed by atoms with Crippen molar-refractivity contribution in [3.8, 4) is 0 Å². The lowest BCUT2D eigenvalue weighted by molar-refractivity contribution is -0.114. The van der Waals surface area contributed by atoms with E-state index in [4.69, 9.17) is 34.8 Å². The van der Waals surface area contributed by atoms with E-state index in [0.29, 0.717) is 10.7 Å². The van der Waals surface area contributed by atoms with Crippen LogP contribution in [0.1, 0.15) is 5.56 Å². The number of hydrogen-bond donors (Lipinski definition) is 1. The molecule has 0 saturated heterocycles. The van der Waals surface area contributed by atoms with Crippen molar-refractivity contribution in [1.29, 1.82) is 0 Å². The molecule has 0 unspecified atom stereocenters. The molecule has 156 valence electrons. The lowest BCUT2D eigenvalue weighted by Crippen LogP contribution is -2.38. The van der Waals surface area contributed by atoms with Gasteiger partial charge in [-0.05, 0) is 55.5 Å². The summed E-state index contributed by atoms with van der Waals surface area (Å²) in [6.45, 7) is 1.41. The summed E-state index contributed by atoms with van der Waals surface area (Å²) in [5, 5.41) is 3.49. The van der Waals surface area contributed by atoms with E-state index >= 15 is 0 Å². The smallest absolute Gasteiger partial charge is 0.264 e. The van der Waals surface area contributed by atoms with Crippen molar-refractivity contribution in [1.82, 2.24) is 0 Å². The highest BCUT2D eigenvalue weighted by Crippen LogP contribution is 2.30. The Kier molecular flexibility index (Phi) is 6.93. The zero-order chi connectivity index (χ0) is 21.9. The average Bonchev–Trinajstić information content (AvgIpc) is 2.70. The van der Waals surface area contributed by atoms with Gasteiger partial charge < -0.3 is 5.32 Å². The number of carbonyl (C=O) groups excluding carboxylic acids is 1. The summed E-state index contributed by atoms with van der Waals surface area (Å²) in [6, 6.07) is 17.3. The molecule has 0 fully saturated rings. The van der Waals surface area contributed by atoms with Crippen molar-refractivity contribution < 1.29 is 13.2 Å². The average molecular weight is 484 g/mol. The summed E-state index contributed by atoms with van der Waals surface area (Å²) in [5.74, 6) is -0.594. The molecule has 0 bridgehead atoms. The fourth-order valence-electron chi connectivity index (χ4n) is 2.69. The number of amides is 1. The summed E-state index contributed by atoms with van der Waals surface area (Å²) in [4.78, 5) is 12.8. The maximum absolute atomic E-state index is 13.3. The first kappa shape index (κ1) is 22.4. The minimum absolute atomic E-state index is 0.0102. The normalized spacial score (nSPS) is 11.2. The second-order valence-corrected chi connectivity index (χ2v) is 9.56. The van der Waals surface area contributed by atoms with Gasteiger partial charge in [-0.25, -0.2) is 8.42 Å². The quantitative estimate of drug-likeness (QED) is 0.482. The lowest BCUT2D eigenvalue weighted by atomic mass is 10.2. The maximum Gasteiger partial charge on any atom is 0.264 e. The van der Waals surface area contributed by atoms with E-state index in [0.717, 1.165) is 9.87 Å². The highest BCUT2D eigenvalue weighted by atomic mass is 35.5. The van der Waals surface area contributed by atoms with Gasteiger partial charge >= 0.3 is 0 Å². The van der Waals surface area contributed by atoms with Gasteiger partial charge in [-0.1, -0.05) is 58.6 Å². The molecule has 0 radical (unpaired) electrons. The van der Waals surface area contributed by atoms with Crippen LogP contribution in [-0.4, -0.2) is 20.9 Å². The van der Waals surface area contributed by atoms with Crippen LogP contribution < -0.4 is 9.62 Å². The molecule has 0 spiro atoms. The highest BCUT2D eigenvalue weighted by molar-refractivity contribution is 7.92. The Hall–Kier alpha value is -2.25. The zero-order valence-corrected chi connectivity index (χ0v) is 18.9.